The zero-order chi connectivity index (χ0) is 13.9. The van der Waals surface area contributed by atoms with Crippen LogP contribution in [0.2, 0.25) is 0 Å². The van der Waals surface area contributed by atoms with Gasteiger partial charge in [-0.15, -0.1) is 0 Å². The summed E-state index contributed by atoms with van der Waals surface area (Å²) in [7, 11) is 0. The Hall–Kier alpha value is -1.69. The Morgan fingerprint density at radius 1 is 1.40 bits per heavy atom. The van der Waals surface area contributed by atoms with Gasteiger partial charge >= 0.3 is 0 Å². The Bertz CT molecular complexity index is 528. The molecule has 1 aliphatic heterocycles. The third-order valence-corrected chi connectivity index (χ3v) is 3.95. The van der Waals surface area contributed by atoms with Crippen molar-refractivity contribution >= 4 is 0 Å². The van der Waals surface area contributed by atoms with Crippen LogP contribution in [0.1, 0.15) is 30.2 Å². The second-order valence-corrected chi connectivity index (χ2v) is 5.61. The van der Waals surface area contributed by atoms with E-state index in [0.717, 1.165) is 43.5 Å². The highest BCUT2D eigenvalue weighted by Crippen LogP contribution is 2.20. The summed E-state index contributed by atoms with van der Waals surface area (Å²) in [5, 5.41) is 4.19. The van der Waals surface area contributed by atoms with Gasteiger partial charge < -0.3 is 4.42 Å². The quantitative estimate of drug-likeness (QED) is 0.851. The molecule has 1 fully saturated rings. The van der Waals surface area contributed by atoms with E-state index < -0.39 is 0 Å². The Kier molecular flexibility index (Phi) is 3.82. The smallest absolute Gasteiger partial charge is 0.208 e. The second-order valence-electron chi connectivity index (χ2n) is 5.61. The minimum absolute atomic E-state index is 0.627. The largest absolute Gasteiger partial charge is 0.444 e. The number of oxazole rings is 1. The highest BCUT2D eigenvalue weighted by atomic mass is 16.4. The number of hydrogen-bond acceptors (Lipinski definition) is 5. The van der Waals surface area contributed by atoms with Crippen LogP contribution in [0, 0.1) is 19.8 Å². The lowest BCUT2D eigenvalue weighted by Crippen LogP contribution is -2.36. The molecule has 20 heavy (non-hydrogen) atoms. The molecule has 6 heteroatoms. The maximum atomic E-state index is 5.68. The number of aryl methyl sites for hydroxylation is 2. The van der Waals surface area contributed by atoms with Gasteiger partial charge in [0.05, 0.1) is 12.2 Å². The fourth-order valence-electron chi connectivity index (χ4n) is 2.83. The van der Waals surface area contributed by atoms with Crippen LogP contribution < -0.4 is 0 Å². The van der Waals surface area contributed by atoms with E-state index >= 15 is 0 Å². The number of rotatable bonds is 4. The molecular formula is C14H21N5O. The molecule has 3 heterocycles. The third-order valence-electron chi connectivity index (χ3n) is 3.95. The summed E-state index contributed by atoms with van der Waals surface area (Å²) < 4.78 is 7.60. The highest BCUT2D eigenvalue weighted by Gasteiger charge is 2.22. The van der Waals surface area contributed by atoms with Crippen LogP contribution in [0.5, 0.6) is 0 Å². The topological polar surface area (TPSA) is 60.0 Å². The maximum Gasteiger partial charge on any atom is 0.208 e. The Morgan fingerprint density at radius 3 is 3.00 bits per heavy atom. The zero-order valence-corrected chi connectivity index (χ0v) is 12.1. The fourth-order valence-corrected chi connectivity index (χ4v) is 2.83. The van der Waals surface area contributed by atoms with Crippen molar-refractivity contribution < 1.29 is 4.42 Å². The normalized spacial score (nSPS) is 20.4. The molecule has 0 radical (unpaired) electrons. The van der Waals surface area contributed by atoms with Crippen molar-refractivity contribution in [1.82, 2.24) is 24.6 Å². The maximum absolute atomic E-state index is 5.68. The highest BCUT2D eigenvalue weighted by molar-refractivity contribution is 5.05. The molecule has 0 saturated carbocycles. The summed E-state index contributed by atoms with van der Waals surface area (Å²) in [4.78, 5) is 10.9. The molecule has 2 aromatic heterocycles. The Labute approximate surface area is 118 Å². The van der Waals surface area contributed by atoms with Gasteiger partial charge in [0, 0.05) is 13.1 Å². The SMILES string of the molecule is Cc1nc(CN2CCCC(Cn3cncn3)C2)oc1C. The average molecular weight is 275 g/mol. The molecule has 3 rings (SSSR count). The van der Waals surface area contributed by atoms with E-state index in [1.807, 2.05) is 18.5 Å². The van der Waals surface area contributed by atoms with Gasteiger partial charge in [0.1, 0.15) is 18.4 Å². The zero-order valence-electron chi connectivity index (χ0n) is 12.1. The first-order valence-corrected chi connectivity index (χ1v) is 7.18. The summed E-state index contributed by atoms with van der Waals surface area (Å²) in [5.74, 6) is 2.39. The van der Waals surface area contributed by atoms with Crippen LogP contribution in [-0.2, 0) is 13.1 Å². The summed E-state index contributed by atoms with van der Waals surface area (Å²) >= 11 is 0. The van der Waals surface area contributed by atoms with Crippen molar-refractivity contribution in [3.05, 3.63) is 30.0 Å². The number of hydrogen-bond donors (Lipinski definition) is 0. The summed E-state index contributed by atoms with van der Waals surface area (Å²) in [5.41, 5.74) is 0.996. The molecule has 0 N–H and O–H groups in total. The van der Waals surface area contributed by atoms with Gasteiger partial charge in [-0.1, -0.05) is 0 Å². The number of piperidine rings is 1. The summed E-state index contributed by atoms with van der Waals surface area (Å²) in [6.45, 7) is 7.90. The Balaban J connectivity index is 1.57. The van der Waals surface area contributed by atoms with Gasteiger partial charge in [0.15, 0.2) is 0 Å². The first-order valence-electron chi connectivity index (χ1n) is 7.18. The fraction of sp³-hybridized carbons (Fsp3) is 0.643. The van der Waals surface area contributed by atoms with Crippen molar-refractivity contribution in [2.75, 3.05) is 13.1 Å². The predicted molar refractivity (Wildman–Crippen MR) is 74.0 cm³/mol. The van der Waals surface area contributed by atoms with Crippen LogP contribution in [0.25, 0.3) is 0 Å². The molecule has 0 spiro atoms. The summed E-state index contributed by atoms with van der Waals surface area (Å²) in [6.07, 6.45) is 5.86. The molecule has 1 saturated heterocycles. The molecule has 0 aromatic carbocycles. The molecule has 1 atom stereocenters. The van der Waals surface area contributed by atoms with Crippen LogP contribution in [0.15, 0.2) is 17.1 Å². The standard InChI is InChI=1S/C14H21N5O/c1-11-12(2)20-14(17-11)8-18-5-3-4-13(6-18)7-19-10-15-9-16-19/h9-10,13H,3-8H2,1-2H3. The molecule has 0 amide bonds. The molecule has 108 valence electrons. The van der Waals surface area contributed by atoms with Crippen LogP contribution in [0.4, 0.5) is 0 Å². The molecule has 1 unspecified atom stereocenters. The lowest BCUT2D eigenvalue weighted by atomic mass is 9.98. The number of nitrogens with zero attached hydrogens (tertiary/aromatic N) is 5. The van der Waals surface area contributed by atoms with Crippen LogP contribution in [0.3, 0.4) is 0 Å². The van der Waals surface area contributed by atoms with E-state index in [1.165, 1.54) is 12.8 Å². The third kappa shape index (κ3) is 3.07. The van der Waals surface area contributed by atoms with Gasteiger partial charge in [-0.2, -0.15) is 5.10 Å². The lowest BCUT2D eigenvalue weighted by molar-refractivity contribution is 0.141. The van der Waals surface area contributed by atoms with Crippen LogP contribution in [-0.4, -0.2) is 37.7 Å². The molecule has 1 aliphatic rings. The minimum atomic E-state index is 0.627. The summed E-state index contributed by atoms with van der Waals surface area (Å²) in [6, 6.07) is 0. The predicted octanol–water partition coefficient (Wildman–Crippen LogP) is 1.80. The van der Waals surface area contributed by atoms with Gasteiger partial charge in [-0.3, -0.25) is 9.58 Å². The molecule has 6 nitrogen and oxygen atoms in total. The molecular weight excluding hydrogens is 254 g/mol. The average Bonchev–Trinajstić information content (AvgIpc) is 3.01. The molecule has 0 bridgehead atoms. The van der Waals surface area contributed by atoms with Crippen molar-refractivity contribution in [1.29, 1.82) is 0 Å². The second kappa shape index (κ2) is 5.75. The Morgan fingerprint density at radius 2 is 2.30 bits per heavy atom. The minimum Gasteiger partial charge on any atom is -0.444 e. The van der Waals surface area contributed by atoms with Crippen molar-refractivity contribution in [2.45, 2.75) is 39.8 Å². The van der Waals surface area contributed by atoms with E-state index in [-0.39, 0.29) is 0 Å². The van der Waals surface area contributed by atoms with Gasteiger partial charge in [-0.05, 0) is 39.2 Å². The van der Waals surface area contributed by atoms with E-state index in [0.29, 0.717) is 5.92 Å². The molecule has 0 aliphatic carbocycles. The van der Waals surface area contributed by atoms with E-state index in [4.69, 9.17) is 4.42 Å². The first kappa shape index (κ1) is 13.3. The van der Waals surface area contributed by atoms with E-state index in [9.17, 15) is 0 Å². The van der Waals surface area contributed by atoms with E-state index in [1.54, 1.807) is 12.7 Å². The van der Waals surface area contributed by atoms with Crippen molar-refractivity contribution in [2.24, 2.45) is 5.92 Å². The van der Waals surface area contributed by atoms with Gasteiger partial charge in [-0.25, -0.2) is 9.97 Å². The number of likely N-dealkylation sites (tertiary alicyclic amines) is 1. The monoisotopic (exact) mass is 275 g/mol. The van der Waals surface area contributed by atoms with E-state index in [2.05, 4.69) is 20.0 Å². The first-order chi connectivity index (χ1) is 9.70. The van der Waals surface area contributed by atoms with Gasteiger partial charge in [0.25, 0.3) is 0 Å². The lowest BCUT2D eigenvalue weighted by Gasteiger charge is -2.31. The number of aromatic nitrogens is 4. The van der Waals surface area contributed by atoms with Crippen molar-refractivity contribution in [3.8, 4) is 0 Å². The van der Waals surface area contributed by atoms with Crippen molar-refractivity contribution in [3.63, 3.8) is 0 Å². The van der Waals surface area contributed by atoms with Gasteiger partial charge in [0.2, 0.25) is 5.89 Å². The molecule has 2 aromatic rings. The van der Waals surface area contributed by atoms with Crippen LogP contribution >= 0.6 is 0 Å².